The predicted octanol–water partition coefficient (Wildman–Crippen LogP) is 3.58. The Labute approximate surface area is 78.7 Å². The summed E-state index contributed by atoms with van der Waals surface area (Å²) in [5, 5.41) is 0. The van der Waals surface area contributed by atoms with E-state index in [1.807, 2.05) is 13.8 Å². The third kappa shape index (κ3) is 8.06. The van der Waals surface area contributed by atoms with Crippen molar-refractivity contribution < 1.29 is 0 Å². The zero-order valence-electron chi connectivity index (χ0n) is 9.61. The van der Waals surface area contributed by atoms with Gasteiger partial charge in [0.05, 0.1) is 0 Å². The van der Waals surface area contributed by atoms with Crippen molar-refractivity contribution in [3.05, 3.63) is 0 Å². The van der Waals surface area contributed by atoms with Crippen LogP contribution in [0.3, 0.4) is 0 Å². The average Bonchev–Trinajstić information content (AvgIpc) is 2.11. The molecule has 0 bridgehead atoms. The molecule has 0 unspecified atom stereocenters. The SMILES string of the molecule is CC.CC1(C)CCCCC1.CN. The molecule has 1 nitrogen and oxygen atoms in total. The van der Waals surface area contributed by atoms with Crippen molar-refractivity contribution in [3.63, 3.8) is 0 Å². The summed E-state index contributed by atoms with van der Waals surface area (Å²) in [6, 6.07) is 0. The molecule has 1 fully saturated rings. The van der Waals surface area contributed by atoms with Crippen LogP contribution in [0.25, 0.3) is 0 Å². The van der Waals surface area contributed by atoms with Gasteiger partial charge < -0.3 is 5.73 Å². The van der Waals surface area contributed by atoms with Crippen LogP contribution in [0.5, 0.6) is 0 Å². The Hall–Kier alpha value is -0.0400. The van der Waals surface area contributed by atoms with Gasteiger partial charge in [-0.1, -0.05) is 47.0 Å². The summed E-state index contributed by atoms with van der Waals surface area (Å²) in [5.74, 6) is 0. The second-order valence-corrected chi connectivity index (χ2v) is 3.72. The Morgan fingerprint density at radius 1 is 0.833 bits per heavy atom. The van der Waals surface area contributed by atoms with Gasteiger partial charge in [-0.25, -0.2) is 0 Å². The fraction of sp³-hybridized carbons (Fsp3) is 1.00. The first-order valence-electron chi connectivity index (χ1n) is 5.28. The number of nitrogens with two attached hydrogens (primary N) is 1. The first-order chi connectivity index (χ1) is 5.71. The van der Waals surface area contributed by atoms with Crippen LogP contribution < -0.4 is 5.73 Å². The lowest BCUT2D eigenvalue weighted by molar-refractivity contribution is 0.244. The Kier molecular flexibility index (Phi) is 10.9. The number of hydrogen-bond acceptors (Lipinski definition) is 1. The summed E-state index contributed by atoms with van der Waals surface area (Å²) in [6.45, 7) is 8.76. The third-order valence-electron chi connectivity index (χ3n) is 2.21. The molecular weight excluding hydrogens is 146 g/mol. The zero-order chi connectivity index (χ0) is 10.0. The minimum Gasteiger partial charge on any atom is -0.333 e. The zero-order valence-corrected chi connectivity index (χ0v) is 9.61. The van der Waals surface area contributed by atoms with Gasteiger partial charge in [0.25, 0.3) is 0 Å². The molecule has 1 aliphatic rings. The van der Waals surface area contributed by atoms with Gasteiger partial charge in [0, 0.05) is 0 Å². The molecule has 76 valence electrons. The Morgan fingerprint density at radius 3 is 1.33 bits per heavy atom. The van der Waals surface area contributed by atoms with Crippen LogP contribution in [-0.2, 0) is 0 Å². The minimum atomic E-state index is 0.679. The molecule has 0 saturated heterocycles. The van der Waals surface area contributed by atoms with Crippen molar-refractivity contribution in [1.82, 2.24) is 0 Å². The molecule has 1 heteroatoms. The Balaban J connectivity index is 0. The fourth-order valence-electron chi connectivity index (χ4n) is 1.51. The van der Waals surface area contributed by atoms with Gasteiger partial charge in [-0.3, -0.25) is 0 Å². The first kappa shape index (κ1) is 14.5. The van der Waals surface area contributed by atoms with E-state index in [4.69, 9.17) is 0 Å². The van der Waals surface area contributed by atoms with Gasteiger partial charge in [-0.2, -0.15) is 0 Å². The molecule has 1 rings (SSSR count). The second-order valence-electron chi connectivity index (χ2n) is 3.72. The molecule has 0 atom stereocenters. The van der Waals surface area contributed by atoms with Gasteiger partial charge in [0.1, 0.15) is 0 Å². The minimum absolute atomic E-state index is 0.679. The first-order valence-corrected chi connectivity index (χ1v) is 5.28. The van der Waals surface area contributed by atoms with Crippen molar-refractivity contribution in [3.8, 4) is 0 Å². The highest BCUT2D eigenvalue weighted by atomic mass is 14.4. The number of hydrogen-bond donors (Lipinski definition) is 1. The van der Waals surface area contributed by atoms with E-state index in [9.17, 15) is 0 Å². The van der Waals surface area contributed by atoms with Crippen LogP contribution in [0.15, 0.2) is 0 Å². The molecule has 1 saturated carbocycles. The third-order valence-corrected chi connectivity index (χ3v) is 2.21. The van der Waals surface area contributed by atoms with E-state index in [-0.39, 0.29) is 0 Å². The topological polar surface area (TPSA) is 26.0 Å². The van der Waals surface area contributed by atoms with E-state index in [2.05, 4.69) is 19.6 Å². The molecule has 0 aromatic heterocycles. The summed E-state index contributed by atoms with van der Waals surface area (Å²) in [4.78, 5) is 0. The Morgan fingerprint density at radius 2 is 1.17 bits per heavy atom. The number of rotatable bonds is 0. The maximum Gasteiger partial charge on any atom is -0.0195 e. The summed E-state index contributed by atoms with van der Waals surface area (Å²) in [5.41, 5.74) is 5.18. The molecule has 0 aromatic rings. The molecule has 0 spiro atoms. The van der Waals surface area contributed by atoms with E-state index in [0.717, 1.165) is 0 Å². The highest BCUT2D eigenvalue weighted by molar-refractivity contribution is 4.72. The summed E-state index contributed by atoms with van der Waals surface area (Å²) in [6.07, 6.45) is 7.31. The maximum atomic E-state index is 4.50. The van der Waals surface area contributed by atoms with Crippen molar-refractivity contribution in [1.29, 1.82) is 0 Å². The second kappa shape index (κ2) is 9.05. The van der Waals surface area contributed by atoms with E-state index >= 15 is 0 Å². The smallest absolute Gasteiger partial charge is 0.0195 e. The average molecular weight is 173 g/mol. The fourth-order valence-corrected chi connectivity index (χ4v) is 1.51. The highest BCUT2D eigenvalue weighted by Crippen LogP contribution is 2.34. The van der Waals surface area contributed by atoms with Crippen molar-refractivity contribution >= 4 is 0 Å². The molecule has 1 aliphatic carbocycles. The lowest BCUT2D eigenvalue weighted by atomic mass is 9.78. The molecular formula is C11H27N. The van der Waals surface area contributed by atoms with Gasteiger partial charge >= 0.3 is 0 Å². The quantitative estimate of drug-likeness (QED) is 0.595. The van der Waals surface area contributed by atoms with Crippen LogP contribution in [0.2, 0.25) is 0 Å². The van der Waals surface area contributed by atoms with Crippen molar-refractivity contribution in [2.75, 3.05) is 7.05 Å². The molecule has 0 aromatic carbocycles. The van der Waals surface area contributed by atoms with Crippen LogP contribution in [-0.4, -0.2) is 7.05 Å². The molecule has 0 heterocycles. The summed E-state index contributed by atoms with van der Waals surface area (Å²) in [7, 11) is 1.50. The monoisotopic (exact) mass is 173 g/mol. The van der Waals surface area contributed by atoms with Gasteiger partial charge in [0.2, 0.25) is 0 Å². The maximum absolute atomic E-state index is 4.50. The largest absolute Gasteiger partial charge is 0.333 e. The van der Waals surface area contributed by atoms with Gasteiger partial charge in [-0.15, -0.1) is 0 Å². The van der Waals surface area contributed by atoms with Crippen LogP contribution >= 0.6 is 0 Å². The molecule has 0 aliphatic heterocycles. The van der Waals surface area contributed by atoms with Crippen LogP contribution in [0.1, 0.15) is 59.8 Å². The van der Waals surface area contributed by atoms with Gasteiger partial charge in [-0.05, 0) is 25.3 Å². The van der Waals surface area contributed by atoms with Crippen molar-refractivity contribution in [2.45, 2.75) is 59.8 Å². The van der Waals surface area contributed by atoms with Gasteiger partial charge in [0.15, 0.2) is 0 Å². The molecule has 0 radical (unpaired) electrons. The lowest BCUT2D eigenvalue weighted by Gasteiger charge is -2.28. The van der Waals surface area contributed by atoms with E-state index in [1.165, 1.54) is 39.2 Å². The lowest BCUT2D eigenvalue weighted by Crippen LogP contribution is -2.14. The summed E-state index contributed by atoms with van der Waals surface area (Å²) < 4.78 is 0. The van der Waals surface area contributed by atoms with E-state index in [0.29, 0.717) is 5.41 Å². The normalized spacial score (nSPS) is 19.5. The van der Waals surface area contributed by atoms with E-state index < -0.39 is 0 Å². The van der Waals surface area contributed by atoms with Crippen LogP contribution in [0.4, 0.5) is 0 Å². The predicted molar refractivity (Wildman–Crippen MR) is 58.3 cm³/mol. The molecule has 12 heavy (non-hydrogen) atoms. The summed E-state index contributed by atoms with van der Waals surface area (Å²) >= 11 is 0. The van der Waals surface area contributed by atoms with Crippen LogP contribution in [0, 0.1) is 5.41 Å². The highest BCUT2D eigenvalue weighted by Gasteiger charge is 2.19. The molecule has 2 N–H and O–H groups in total. The standard InChI is InChI=1S/C8H16.C2H6.CH5N/c1-8(2)6-4-3-5-7-8;2*1-2/h3-7H2,1-2H3;1-2H3;2H2,1H3. The van der Waals surface area contributed by atoms with Crippen molar-refractivity contribution in [2.24, 2.45) is 11.1 Å². The van der Waals surface area contributed by atoms with E-state index in [1.54, 1.807) is 0 Å². The Bertz CT molecular complexity index is 69.1. The molecule has 0 amide bonds.